The summed E-state index contributed by atoms with van der Waals surface area (Å²) in [5.41, 5.74) is 0.177. The molecule has 3 aliphatic rings. The van der Waals surface area contributed by atoms with Gasteiger partial charge in [-0.2, -0.15) is 11.8 Å². The molecule has 1 saturated carbocycles. The van der Waals surface area contributed by atoms with E-state index < -0.39 is 0 Å². The minimum atomic E-state index is 0.177. The van der Waals surface area contributed by atoms with Crippen molar-refractivity contribution in [2.24, 2.45) is 0 Å². The van der Waals surface area contributed by atoms with Crippen LogP contribution in [-0.2, 0) is 4.74 Å². The molecule has 1 N–H and O–H groups in total. The van der Waals surface area contributed by atoms with Gasteiger partial charge in [0, 0.05) is 31.0 Å². The summed E-state index contributed by atoms with van der Waals surface area (Å²) in [6.07, 6.45) is 6.24. The summed E-state index contributed by atoms with van der Waals surface area (Å²) in [5, 5.41) is 9.22. The Morgan fingerprint density at radius 1 is 1.29 bits per heavy atom. The molecule has 1 aliphatic carbocycles. The van der Waals surface area contributed by atoms with Crippen molar-refractivity contribution in [3.8, 4) is 0 Å². The van der Waals surface area contributed by atoms with Crippen LogP contribution in [0.2, 0.25) is 0 Å². The lowest BCUT2D eigenvalue weighted by Crippen LogP contribution is -2.50. The Morgan fingerprint density at radius 3 is 2.82 bits per heavy atom. The number of aliphatic hydroxyl groups is 1. The number of aliphatic hydroxyl groups excluding tert-OH is 1. The molecule has 0 aromatic rings. The van der Waals surface area contributed by atoms with E-state index in [1.807, 2.05) is 11.8 Å². The van der Waals surface area contributed by atoms with Crippen molar-refractivity contribution < 1.29 is 9.84 Å². The first-order valence-corrected chi connectivity index (χ1v) is 8.07. The van der Waals surface area contributed by atoms with Crippen molar-refractivity contribution in [2.45, 2.75) is 49.8 Å². The van der Waals surface area contributed by atoms with Gasteiger partial charge in [0.05, 0.1) is 12.2 Å². The van der Waals surface area contributed by atoms with E-state index in [-0.39, 0.29) is 5.60 Å². The fraction of sp³-hybridized carbons (Fsp3) is 1.00. The molecule has 0 aromatic heterocycles. The third kappa shape index (κ3) is 2.65. The summed E-state index contributed by atoms with van der Waals surface area (Å²) in [6.45, 7) is 2.08. The molecule has 2 unspecified atom stereocenters. The van der Waals surface area contributed by atoms with E-state index in [2.05, 4.69) is 4.90 Å². The molecule has 2 saturated heterocycles. The molecule has 4 heteroatoms. The molecule has 2 atom stereocenters. The highest BCUT2D eigenvalue weighted by atomic mass is 32.2. The van der Waals surface area contributed by atoms with Gasteiger partial charge in [0.2, 0.25) is 0 Å². The molecule has 3 fully saturated rings. The van der Waals surface area contributed by atoms with Gasteiger partial charge in [-0.05, 0) is 37.9 Å². The summed E-state index contributed by atoms with van der Waals surface area (Å²) < 4.78 is 6.08. The minimum absolute atomic E-state index is 0.177. The average Bonchev–Trinajstić information content (AvgIpc) is 3.09. The van der Waals surface area contributed by atoms with E-state index in [1.54, 1.807) is 0 Å². The molecule has 2 heterocycles. The van der Waals surface area contributed by atoms with Gasteiger partial charge in [-0.1, -0.05) is 0 Å². The molecule has 3 nitrogen and oxygen atoms in total. The molecule has 3 rings (SSSR count). The lowest BCUT2D eigenvalue weighted by Gasteiger charge is -2.42. The number of hydrogen-bond acceptors (Lipinski definition) is 4. The Bertz CT molecular complexity index is 264. The largest absolute Gasteiger partial charge is 0.395 e. The van der Waals surface area contributed by atoms with Gasteiger partial charge in [0.1, 0.15) is 0 Å². The van der Waals surface area contributed by atoms with Crippen molar-refractivity contribution in [2.75, 3.05) is 31.3 Å². The van der Waals surface area contributed by atoms with E-state index in [9.17, 15) is 5.11 Å². The Kier molecular flexibility index (Phi) is 3.67. The van der Waals surface area contributed by atoms with Crippen LogP contribution < -0.4 is 0 Å². The lowest BCUT2D eigenvalue weighted by molar-refractivity contribution is -0.0920. The number of nitrogens with zero attached hydrogens (tertiary/aromatic N) is 1. The predicted octanol–water partition coefficient (Wildman–Crippen LogP) is 1.50. The zero-order valence-corrected chi connectivity index (χ0v) is 11.3. The predicted molar refractivity (Wildman–Crippen MR) is 70.5 cm³/mol. The maximum absolute atomic E-state index is 9.22. The smallest absolute Gasteiger partial charge is 0.0795 e. The first-order chi connectivity index (χ1) is 8.33. The van der Waals surface area contributed by atoms with E-state index in [1.165, 1.54) is 37.2 Å². The topological polar surface area (TPSA) is 32.7 Å². The number of rotatable bonds is 4. The number of ether oxygens (including phenoxy) is 1. The number of hydrogen-bond donors (Lipinski definition) is 1. The first-order valence-electron chi connectivity index (χ1n) is 6.91. The van der Waals surface area contributed by atoms with Crippen molar-refractivity contribution >= 4 is 11.8 Å². The van der Waals surface area contributed by atoms with Crippen LogP contribution in [0.1, 0.15) is 32.1 Å². The highest BCUT2D eigenvalue weighted by molar-refractivity contribution is 7.99. The van der Waals surface area contributed by atoms with Crippen LogP contribution in [0.15, 0.2) is 0 Å². The minimum Gasteiger partial charge on any atom is -0.395 e. The van der Waals surface area contributed by atoms with Gasteiger partial charge in [-0.15, -0.1) is 0 Å². The lowest BCUT2D eigenvalue weighted by atomic mass is 9.89. The van der Waals surface area contributed by atoms with Gasteiger partial charge in [-0.3, -0.25) is 4.90 Å². The summed E-state index contributed by atoms with van der Waals surface area (Å²) >= 11 is 2.04. The SMILES string of the molecule is OCCN(C1CC1)C1CCOC2(CCSC2)C1. The summed E-state index contributed by atoms with van der Waals surface area (Å²) in [5.74, 6) is 2.44. The van der Waals surface area contributed by atoms with Crippen LogP contribution >= 0.6 is 11.8 Å². The molecular weight excluding hydrogens is 234 g/mol. The highest BCUT2D eigenvalue weighted by Gasteiger charge is 2.44. The molecule has 0 aromatic carbocycles. The molecule has 0 amide bonds. The Labute approximate surface area is 108 Å². The van der Waals surface area contributed by atoms with Crippen molar-refractivity contribution in [3.05, 3.63) is 0 Å². The summed E-state index contributed by atoms with van der Waals surface area (Å²) in [6, 6.07) is 1.42. The van der Waals surface area contributed by atoms with Crippen LogP contribution in [0, 0.1) is 0 Å². The van der Waals surface area contributed by atoms with Crippen molar-refractivity contribution in [1.82, 2.24) is 4.90 Å². The van der Waals surface area contributed by atoms with Crippen molar-refractivity contribution in [1.29, 1.82) is 0 Å². The normalized spacial score (nSPS) is 38.1. The third-order valence-corrected chi connectivity index (χ3v) is 5.60. The summed E-state index contributed by atoms with van der Waals surface area (Å²) in [4.78, 5) is 2.56. The molecule has 1 spiro atoms. The zero-order chi connectivity index (χ0) is 11.7. The van der Waals surface area contributed by atoms with Gasteiger partial charge in [-0.25, -0.2) is 0 Å². The van der Waals surface area contributed by atoms with Gasteiger partial charge >= 0.3 is 0 Å². The Balaban J connectivity index is 1.65. The van der Waals surface area contributed by atoms with E-state index >= 15 is 0 Å². The number of thioether (sulfide) groups is 1. The second-order valence-corrected chi connectivity index (χ2v) is 6.78. The summed E-state index contributed by atoms with van der Waals surface area (Å²) in [7, 11) is 0. The molecule has 98 valence electrons. The quantitative estimate of drug-likeness (QED) is 0.827. The van der Waals surface area contributed by atoms with E-state index in [4.69, 9.17) is 4.74 Å². The van der Waals surface area contributed by atoms with Crippen LogP contribution in [0.5, 0.6) is 0 Å². The second kappa shape index (κ2) is 5.08. The van der Waals surface area contributed by atoms with E-state index in [0.717, 1.165) is 25.6 Å². The Morgan fingerprint density at radius 2 is 2.18 bits per heavy atom. The standard InChI is InChI=1S/C13H23NO2S/c15-6-5-14(11-1-2-11)12-3-7-16-13(9-12)4-8-17-10-13/h11-12,15H,1-10H2. The monoisotopic (exact) mass is 257 g/mol. The average molecular weight is 257 g/mol. The zero-order valence-electron chi connectivity index (χ0n) is 10.4. The maximum atomic E-state index is 9.22. The van der Waals surface area contributed by atoms with Gasteiger partial charge in [0.25, 0.3) is 0 Å². The highest BCUT2D eigenvalue weighted by Crippen LogP contribution is 2.41. The van der Waals surface area contributed by atoms with Gasteiger partial charge in [0.15, 0.2) is 0 Å². The fourth-order valence-electron chi connectivity index (χ4n) is 3.33. The molecule has 17 heavy (non-hydrogen) atoms. The van der Waals surface area contributed by atoms with E-state index in [0.29, 0.717) is 12.6 Å². The van der Waals surface area contributed by atoms with Crippen LogP contribution in [0.25, 0.3) is 0 Å². The van der Waals surface area contributed by atoms with Gasteiger partial charge < -0.3 is 9.84 Å². The van der Waals surface area contributed by atoms with Crippen molar-refractivity contribution in [3.63, 3.8) is 0 Å². The van der Waals surface area contributed by atoms with Crippen LogP contribution in [0.3, 0.4) is 0 Å². The second-order valence-electron chi connectivity index (χ2n) is 5.67. The molecular formula is C13H23NO2S. The maximum Gasteiger partial charge on any atom is 0.0795 e. The third-order valence-electron chi connectivity index (χ3n) is 4.38. The molecule has 2 aliphatic heterocycles. The fourth-order valence-corrected chi connectivity index (χ4v) is 4.71. The van der Waals surface area contributed by atoms with Crippen LogP contribution in [-0.4, -0.2) is 59.0 Å². The first kappa shape index (κ1) is 12.3. The molecule has 0 bridgehead atoms. The molecule has 0 radical (unpaired) electrons. The Hall–Kier alpha value is 0.230. The van der Waals surface area contributed by atoms with Crippen LogP contribution in [0.4, 0.5) is 0 Å².